The Morgan fingerprint density at radius 3 is 2.55 bits per heavy atom. The van der Waals surface area contributed by atoms with Crippen LogP contribution in [0.15, 0.2) is 40.5 Å². The third-order valence-corrected chi connectivity index (χ3v) is 5.33. The summed E-state index contributed by atoms with van der Waals surface area (Å²) in [5.41, 5.74) is 4.95. The van der Waals surface area contributed by atoms with Crippen LogP contribution >= 0.6 is 11.8 Å². The highest BCUT2D eigenvalue weighted by molar-refractivity contribution is 8.13. The molecule has 7 nitrogen and oxygen atoms in total. The van der Waals surface area contributed by atoms with Crippen LogP contribution in [0.3, 0.4) is 0 Å². The van der Waals surface area contributed by atoms with E-state index in [1.807, 2.05) is 0 Å². The highest BCUT2D eigenvalue weighted by Gasteiger charge is 2.43. The van der Waals surface area contributed by atoms with Gasteiger partial charge in [-0.15, -0.1) is 0 Å². The second kappa shape index (κ2) is 9.99. The Kier molecular flexibility index (Phi) is 7.88. The second-order valence-corrected chi connectivity index (χ2v) is 7.61. The Hall–Kier alpha value is -2.82. The SMILES string of the molecule is CCOC(=O)C1=C(CSC(=N)N)N=C(C)C(C(=O)OC)C1c1cccc(C(F)(F)F)c1. The lowest BCUT2D eigenvalue weighted by atomic mass is 9.75. The number of halogens is 3. The monoisotopic (exact) mass is 457 g/mol. The zero-order chi connectivity index (χ0) is 23.3. The molecular weight excluding hydrogens is 435 g/mol. The van der Waals surface area contributed by atoms with E-state index in [0.29, 0.717) is 0 Å². The molecule has 2 unspecified atom stereocenters. The number of benzene rings is 1. The summed E-state index contributed by atoms with van der Waals surface area (Å²) in [5.74, 6) is -3.80. The van der Waals surface area contributed by atoms with Crippen molar-refractivity contribution in [2.45, 2.75) is 25.9 Å². The Bertz CT molecular complexity index is 944. The van der Waals surface area contributed by atoms with Crippen molar-refractivity contribution < 1.29 is 32.2 Å². The largest absolute Gasteiger partial charge is 0.468 e. The third kappa shape index (κ3) is 5.66. The van der Waals surface area contributed by atoms with Crippen LogP contribution in [-0.4, -0.2) is 42.3 Å². The van der Waals surface area contributed by atoms with Gasteiger partial charge in [-0.2, -0.15) is 13.2 Å². The van der Waals surface area contributed by atoms with E-state index in [4.69, 9.17) is 20.6 Å². The molecule has 0 spiro atoms. The number of aliphatic imine (C=N–C) groups is 1. The minimum atomic E-state index is -4.62. The molecule has 1 aromatic carbocycles. The number of hydrogen-bond donors (Lipinski definition) is 2. The van der Waals surface area contributed by atoms with Gasteiger partial charge in [-0.1, -0.05) is 30.0 Å². The van der Waals surface area contributed by atoms with Gasteiger partial charge in [0.15, 0.2) is 5.17 Å². The fourth-order valence-electron chi connectivity index (χ4n) is 3.34. The fraction of sp³-hybridized carbons (Fsp3) is 0.400. The van der Waals surface area contributed by atoms with Crippen LogP contribution in [0, 0.1) is 11.3 Å². The maximum Gasteiger partial charge on any atom is 0.416 e. The molecular formula is C20H22F3N3O4S. The van der Waals surface area contributed by atoms with Crippen molar-refractivity contribution in [1.82, 2.24) is 0 Å². The molecule has 0 aromatic heterocycles. The lowest BCUT2D eigenvalue weighted by Gasteiger charge is -2.32. The molecule has 168 valence electrons. The summed E-state index contributed by atoms with van der Waals surface area (Å²) in [5, 5.41) is 7.19. The zero-order valence-corrected chi connectivity index (χ0v) is 17.9. The molecule has 11 heteroatoms. The molecule has 1 aliphatic heterocycles. The Labute approximate surface area is 181 Å². The van der Waals surface area contributed by atoms with Crippen molar-refractivity contribution in [2.75, 3.05) is 19.5 Å². The first-order valence-electron chi connectivity index (χ1n) is 9.18. The van der Waals surface area contributed by atoms with Gasteiger partial charge in [-0.25, -0.2) is 4.79 Å². The van der Waals surface area contributed by atoms with Crippen molar-refractivity contribution in [3.8, 4) is 0 Å². The molecule has 0 bridgehead atoms. The predicted molar refractivity (Wildman–Crippen MR) is 111 cm³/mol. The number of rotatable bonds is 6. The predicted octanol–water partition coefficient (Wildman–Crippen LogP) is 3.50. The molecule has 1 aromatic rings. The van der Waals surface area contributed by atoms with Crippen molar-refractivity contribution >= 4 is 34.6 Å². The van der Waals surface area contributed by atoms with Gasteiger partial charge in [-0.05, 0) is 25.5 Å². The van der Waals surface area contributed by atoms with Crippen molar-refractivity contribution in [2.24, 2.45) is 16.6 Å². The smallest absolute Gasteiger partial charge is 0.416 e. The maximum atomic E-state index is 13.3. The number of carbonyl (C=O) groups excluding carboxylic acids is 2. The van der Waals surface area contributed by atoms with Gasteiger partial charge in [0.05, 0.1) is 30.6 Å². The molecule has 0 aliphatic carbocycles. The number of nitrogens with two attached hydrogens (primary N) is 1. The Balaban J connectivity index is 2.76. The number of hydrogen-bond acceptors (Lipinski definition) is 7. The van der Waals surface area contributed by atoms with Crippen LogP contribution in [0.25, 0.3) is 0 Å². The lowest BCUT2D eigenvalue weighted by molar-refractivity contribution is -0.144. The van der Waals surface area contributed by atoms with Crippen molar-refractivity contribution in [1.29, 1.82) is 5.41 Å². The van der Waals surface area contributed by atoms with Gasteiger partial charge >= 0.3 is 18.1 Å². The van der Waals surface area contributed by atoms with E-state index < -0.39 is 35.5 Å². The average molecular weight is 457 g/mol. The van der Waals surface area contributed by atoms with Gasteiger partial charge in [0.1, 0.15) is 5.92 Å². The minimum Gasteiger partial charge on any atom is -0.468 e. The van der Waals surface area contributed by atoms with Gasteiger partial charge in [0.2, 0.25) is 0 Å². The van der Waals surface area contributed by atoms with Crippen LogP contribution in [0.2, 0.25) is 0 Å². The van der Waals surface area contributed by atoms with Crippen LogP contribution < -0.4 is 5.73 Å². The number of nitrogens with one attached hydrogen (secondary N) is 1. The Morgan fingerprint density at radius 2 is 2.00 bits per heavy atom. The summed E-state index contributed by atoms with van der Waals surface area (Å²) in [6, 6.07) is 4.42. The quantitative estimate of drug-likeness (QED) is 0.384. The van der Waals surface area contributed by atoms with E-state index in [1.165, 1.54) is 19.1 Å². The topological polar surface area (TPSA) is 115 Å². The summed E-state index contributed by atoms with van der Waals surface area (Å²) in [6.07, 6.45) is -4.62. The lowest BCUT2D eigenvalue weighted by Crippen LogP contribution is -2.37. The molecule has 2 atom stereocenters. The molecule has 2 rings (SSSR count). The first kappa shape index (κ1) is 24.4. The molecule has 0 saturated carbocycles. The van der Waals surface area contributed by atoms with Gasteiger partial charge < -0.3 is 15.2 Å². The number of ether oxygens (including phenoxy) is 2. The van der Waals surface area contributed by atoms with Crippen LogP contribution in [0.1, 0.15) is 30.9 Å². The summed E-state index contributed by atoms with van der Waals surface area (Å²) in [7, 11) is 1.15. The standard InChI is InChI=1S/C20H22F3N3O4S/c1-4-30-18(28)16-13(9-31-19(24)25)26-10(2)14(17(27)29-3)15(16)11-6-5-7-12(8-11)20(21,22)23/h5-8,14-15H,4,9H2,1-3H3,(H3,24,25). The van der Waals surface area contributed by atoms with Gasteiger partial charge in [-0.3, -0.25) is 15.2 Å². The minimum absolute atomic E-state index is 0.00414. The zero-order valence-electron chi connectivity index (χ0n) is 17.1. The molecule has 1 aliphatic rings. The first-order valence-corrected chi connectivity index (χ1v) is 10.2. The number of carbonyl (C=O) groups is 2. The fourth-order valence-corrected chi connectivity index (χ4v) is 3.85. The van der Waals surface area contributed by atoms with Crippen LogP contribution in [0.5, 0.6) is 0 Å². The van der Waals surface area contributed by atoms with Crippen molar-refractivity contribution in [3.05, 3.63) is 46.7 Å². The molecule has 0 amide bonds. The number of nitrogens with zero attached hydrogens (tertiary/aromatic N) is 1. The number of amidine groups is 1. The maximum absolute atomic E-state index is 13.3. The van der Waals surface area contributed by atoms with E-state index in [-0.39, 0.29) is 40.1 Å². The molecule has 0 radical (unpaired) electrons. The molecule has 1 heterocycles. The van der Waals surface area contributed by atoms with E-state index in [2.05, 4.69) is 4.99 Å². The van der Waals surface area contributed by atoms with E-state index in [1.54, 1.807) is 6.92 Å². The van der Waals surface area contributed by atoms with E-state index in [0.717, 1.165) is 31.0 Å². The molecule has 0 saturated heterocycles. The highest BCUT2D eigenvalue weighted by atomic mass is 32.2. The summed E-state index contributed by atoms with van der Waals surface area (Å²) < 4.78 is 50.0. The average Bonchev–Trinajstić information content (AvgIpc) is 2.70. The van der Waals surface area contributed by atoms with Gasteiger partial charge in [0, 0.05) is 17.4 Å². The summed E-state index contributed by atoms with van der Waals surface area (Å²) >= 11 is 0.891. The first-order chi connectivity index (χ1) is 14.5. The number of thioether (sulfide) groups is 1. The molecule has 31 heavy (non-hydrogen) atoms. The van der Waals surface area contributed by atoms with Crippen LogP contribution in [0.4, 0.5) is 13.2 Å². The number of esters is 2. The Morgan fingerprint density at radius 1 is 1.32 bits per heavy atom. The van der Waals surface area contributed by atoms with E-state index in [9.17, 15) is 22.8 Å². The summed E-state index contributed by atoms with van der Waals surface area (Å²) in [6.45, 7) is 3.12. The highest BCUT2D eigenvalue weighted by Crippen LogP contribution is 2.42. The number of alkyl halides is 3. The van der Waals surface area contributed by atoms with Gasteiger partial charge in [0.25, 0.3) is 0 Å². The van der Waals surface area contributed by atoms with E-state index >= 15 is 0 Å². The summed E-state index contributed by atoms with van der Waals surface area (Å²) in [4.78, 5) is 29.8. The normalized spacial score (nSPS) is 19.0. The van der Waals surface area contributed by atoms with Crippen molar-refractivity contribution in [3.63, 3.8) is 0 Å². The molecule has 3 N–H and O–H groups in total. The third-order valence-electron chi connectivity index (χ3n) is 4.60. The van der Waals surface area contributed by atoms with Crippen LogP contribution in [-0.2, 0) is 25.2 Å². The number of methoxy groups -OCH3 is 1. The second-order valence-electron chi connectivity index (χ2n) is 6.59. The molecule has 0 fully saturated rings.